The van der Waals surface area contributed by atoms with Crippen LogP contribution >= 0.6 is 21.6 Å². The van der Waals surface area contributed by atoms with Crippen LogP contribution in [0.2, 0.25) is 0 Å². The molecule has 1 amide bonds. The molecule has 20 heavy (non-hydrogen) atoms. The van der Waals surface area contributed by atoms with E-state index in [0.717, 1.165) is 0 Å². The quantitative estimate of drug-likeness (QED) is 0.456. The van der Waals surface area contributed by atoms with E-state index in [0.29, 0.717) is 12.2 Å². The van der Waals surface area contributed by atoms with Crippen molar-refractivity contribution >= 4 is 27.5 Å². The van der Waals surface area contributed by atoms with Gasteiger partial charge in [-0.15, -0.1) is 0 Å². The van der Waals surface area contributed by atoms with Crippen LogP contribution in [0.15, 0.2) is 0 Å². The van der Waals surface area contributed by atoms with E-state index in [1.54, 1.807) is 28.5 Å². The Kier molecular flexibility index (Phi) is 8.23. The van der Waals surface area contributed by atoms with Crippen molar-refractivity contribution in [2.75, 3.05) is 25.7 Å². The molecule has 0 aromatic rings. The van der Waals surface area contributed by atoms with Crippen LogP contribution in [0.25, 0.3) is 0 Å². The standard InChI is InChI=1S/C12H23NO5S2/c1-7-8(6-14)18-12(17-2)10(11(7)16)13-9(15)4-5-20-19-3/h7-8,10-12,14,16H,4-6H2,1-3H3,(H,13,15). The van der Waals surface area contributed by atoms with Gasteiger partial charge in [-0.1, -0.05) is 28.5 Å². The molecule has 8 heteroatoms. The van der Waals surface area contributed by atoms with Crippen LogP contribution in [0.5, 0.6) is 0 Å². The van der Waals surface area contributed by atoms with Crippen LogP contribution in [0.3, 0.4) is 0 Å². The highest BCUT2D eigenvalue weighted by molar-refractivity contribution is 8.76. The highest BCUT2D eigenvalue weighted by Crippen LogP contribution is 2.26. The second-order valence-electron chi connectivity index (χ2n) is 4.64. The molecule has 3 N–H and O–H groups in total. The maximum Gasteiger partial charge on any atom is 0.221 e. The second-order valence-corrected chi connectivity index (χ2v) is 7.33. The summed E-state index contributed by atoms with van der Waals surface area (Å²) in [5.41, 5.74) is 0. The van der Waals surface area contributed by atoms with E-state index in [4.69, 9.17) is 9.47 Å². The first-order valence-corrected chi connectivity index (χ1v) is 9.20. The van der Waals surface area contributed by atoms with Gasteiger partial charge >= 0.3 is 0 Å². The highest BCUT2D eigenvalue weighted by atomic mass is 33.1. The van der Waals surface area contributed by atoms with E-state index in [9.17, 15) is 15.0 Å². The molecule has 1 fully saturated rings. The summed E-state index contributed by atoms with van der Waals surface area (Å²) >= 11 is 0. The molecule has 1 aliphatic rings. The highest BCUT2D eigenvalue weighted by Gasteiger charge is 2.43. The zero-order valence-corrected chi connectivity index (χ0v) is 13.6. The largest absolute Gasteiger partial charge is 0.394 e. The van der Waals surface area contributed by atoms with Crippen molar-refractivity contribution in [1.29, 1.82) is 0 Å². The number of hydrogen-bond donors (Lipinski definition) is 3. The first kappa shape index (κ1) is 18.1. The minimum atomic E-state index is -0.817. The van der Waals surface area contributed by atoms with Gasteiger partial charge in [0.25, 0.3) is 0 Å². The normalized spacial score (nSPS) is 34.0. The molecule has 118 valence electrons. The van der Waals surface area contributed by atoms with E-state index in [1.165, 1.54) is 7.11 Å². The van der Waals surface area contributed by atoms with Gasteiger partial charge in [0.05, 0.1) is 18.8 Å². The van der Waals surface area contributed by atoms with Crippen LogP contribution in [0, 0.1) is 5.92 Å². The van der Waals surface area contributed by atoms with E-state index >= 15 is 0 Å². The summed E-state index contributed by atoms with van der Waals surface area (Å²) in [4.78, 5) is 11.8. The van der Waals surface area contributed by atoms with Gasteiger partial charge in [-0.2, -0.15) is 0 Å². The molecule has 5 atom stereocenters. The third kappa shape index (κ3) is 4.78. The number of ether oxygens (including phenoxy) is 2. The van der Waals surface area contributed by atoms with Crippen molar-refractivity contribution in [3.8, 4) is 0 Å². The summed E-state index contributed by atoms with van der Waals surface area (Å²) in [6.45, 7) is 1.59. The first-order chi connectivity index (χ1) is 9.54. The molecule has 0 spiro atoms. The summed E-state index contributed by atoms with van der Waals surface area (Å²) in [6.07, 6.45) is 0.274. The number of rotatable bonds is 7. The number of aliphatic hydroxyl groups is 2. The Morgan fingerprint density at radius 3 is 2.75 bits per heavy atom. The Morgan fingerprint density at radius 1 is 1.50 bits per heavy atom. The predicted octanol–water partition coefficient (Wildman–Crippen LogP) is 0.233. The molecule has 1 rings (SSSR count). The lowest BCUT2D eigenvalue weighted by Crippen LogP contribution is -2.61. The SMILES string of the molecule is COC1OC(CO)C(C)C(O)C1NC(=O)CCSSC. The first-order valence-electron chi connectivity index (χ1n) is 6.47. The lowest BCUT2D eigenvalue weighted by molar-refractivity contribution is -0.245. The van der Waals surface area contributed by atoms with Crippen molar-refractivity contribution in [2.24, 2.45) is 5.92 Å². The van der Waals surface area contributed by atoms with Crippen LogP contribution in [0.1, 0.15) is 13.3 Å². The fraction of sp³-hybridized carbons (Fsp3) is 0.917. The Bertz CT molecular complexity index is 306. The molecule has 1 aliphatic heterocycles. The van der Waals surface area contributed by atoms with Crippen molar-refractivity contribution in [3.63, 3.8) is 0 Å². The van der Waals surface area contributed by atoms with E-state index in [2.05, 4.69) is 5.32 Å². The number of nitrogens with one attached hydrogen (secondary N) is 1. The maximum atomic E-state index is 11.8. The lowest BCUT2D eigenvalue weighted by Gasteiger charge is -2.42. The summed E-state index contributed by atoms with van der Waals surface area (Å²) < 4.78 is 10.7. The van der Waals surface area contributed by atoms with Gasteiger partial charge in [0.15, 0.2) is 6.29 Å². The van der Waals surface area contributed by atoms with Crippen LogP contribution in [0.4, 0.5) is 0 Å². The molecule has 0 aliphatic carbocycles. The van der Waals surface area contributed by atoms with Crippen LogP contribution in [-0.2, 0) is 14.3 Å². The number of hydrogen-bond acceptors (Lipinski definition) is 7. The fourth-order valence-electron chi connectivity index (χ4n) is 2.13. The lowest BCUT2D eigenvalue weighted by atomic mass is 9.89. The molecule has 5 unspecified atom stereocenters. The van der Waals surface area contributed by atoms with E-state index < -0.39 is 24.5 Å². The number of amides is 1. The third-order valence-corrected chi connectivity index (χ3v) is 5.18. The molecule has 0 saturated carbocycles. The average molecular weight is 325 g/mol. The minimum Gasteiger partial charge on any atom is -0.394 e. The predicted molar refractivity (Wildman–Crippen MR) is 80.4 cm³/mol. The van der Waals surface area contributed by atoms with Crippen molar-refractivity contribution < 1.29 is 24.5 Å². The fourth-order valence-corrected chi connectivity index (χ4v) is 3.31. The van der Waals surface area contributed by atoms with Crippen molar-refractivity contribution in [2.45, 2.75) is 37.9 Å². The smallest absolute Gasteiger partial charge is 0.221 e. The Balaban J connectivity index is 2.59. The summed E-state index contributed by atoms with van der Waals surface area (Å²) in [5, 5.41) is 22.2. The Labute approximate surface area is 127 Å². The van der Waals surface area contributed by atoms with Gasteiger partial charge in [-0.3, -0.25) is 4.79 Å². The molecule has 0 aromatic heterocycles. The van der Waals surface area contributed by atoms with E-state index in [-0.39, 0.29) is 18.4 Å². The van der Waals surface area contributed by atoms with Crippen molar-refractivity contribution in [1.82, 2.24) is 5.32 Å². The summed E-state index contributed by atoms with van der Waals surface area (Å²) in [5.74, 6) is 0.288. The third-order valence-electron chi connectivity index (χ3n) is 3.37. The number of aliphatic hydroxyl groups excluding tert-OH is 2. The molecule has 6 nitrogen and oxygen atoms in total. The number of carbonyl (C=O) groups excluding carboxylic acids is 1. The minimum absolute atomic E-state index is 0.143. The zero-order chi connectivity index (χ0) is 15.1. The zero-order valence-electron chi connectivity index (χ0n) is 11.9. The maximum absolute atomic E-state index is 11.8. The van der Waals surface area contributed by atoms with Gasteiger partial charge in [-0.25, -0.2) is 0 Å². The van der Waals surface area contributed by atoms with E-state index in [1.807, 2.05) is 6.26 Å². The van der Waals surface area contributed by atoms with Gasteiger partial charge in [0, 0.05) is 25.2 Å². The molecule has 0 aromatic carbocycles. The molecular weight excluding hydrogens is 302 g/mol. The second kappa shape index (κ2) is 9.11. The monoisotopic (exact) mass is 325 g/mol. The molecule has 1 saturated heterocycles. The van der Waals surface area contributed by atoms with Gasteiger partial charge in [0.2, 0.25) is 5.91 Å². The van der Waals surface area contributed by atoms with Gasteiger partial charge < -0.3 is 25.0 Å². The van der Waals surface area contributed by atoms with Crippen LogP contribution in [-0.4, -0.2) is 66.4 Å². The van der Waals surface area contributed by atoms with Crippen molar-refractivity contribution in [3.05, 3.63) is 0 Å². The summed E-state index contributed by atoms with van der Waals surface area (Å²) in [6, 6.07) is -0.621. The topological polar surface area (TPSA) is 88.0 Å². The number of carbonyl (C=O) groups is 1. The van der Waals surface area contributed by atoms with Gasteiger partial charge in [0.1, 0.15) is 6.04 Å². The molecular formula is C12H23NO5S2. The number of methoxy groups -OCH3 is 1. The van der Waals surface area contributed by atoms with Crippen LogP contribution < -0.4 is 5.32 Å². The average Bonchev–Trinajstić information content (AvgIpc) is 2.44. The summed E-state index contributed by atoms with van der Waals surface area (Å²) in [7, 11) is 4.67. The molecule has 1 heterocycles. The molecule has 0 bridgehead atoms. The van der Waals surface area contributed by atoms with Gasteiger partial charge in [-0.05, 0) is 6.26 Å². The Hall–Kier alpha value is 0.0100. The molecule has 0 radical (unpaired) electrons. The Morgan fingerprint density at radius 2 is 2.20 bits per heavy atom.